The van der Waals surface area contributed by atoms with Gasteiger partial charge in [0.05, 0.1) is 17.7 Å². The van der Waals surface area contributed by atoms with E-state index in [4.69, 9.17) is 10.6 Å². The van der Waals surface area contributed by atoms with Crippen LogP contribution in [0.1, 0.15) is 36.9 Å². The van der Waals surface area contributed by atoms with E-state index < -0.39 is 23.6 Å². The van der Waals surface area contributed by atoms with Gasteiger partial charge in [-0.1, -0.05) is 6.07 Å². The van der Waals surface area contributed by atoms with Gasteiger partial charge in [0.1, 0.15) is 5.82 Å². The summed E-state index contributed by atoms with van der Waals surface area (Å²) in [5.74, 6) is 4.50. The molecule has 1 saturated carbocycles. The lowest BCUT2D eigenvalue weighted by molar-refractivity contribution is -0.140. The smallest absolute Gasteiger partial charge is 0.376 e. The molecule has 2 unspecified atom stereocenters. The number of ether oxygens (including phenoxy) is 1. The van der Waals surface area contributed by atoms with Gasteiger partial charge in [-0.2, -0.15) is 13.2 Å². The molecule has 1 fully saturated rings. The standard InChI is InChI=1S/C14H18F4N2O/c1-2-21-13(8-3-4-8)12(20-19)9-5-6-10(11(15)7-9)14(16,17)18/h5-8,12-13,20H,2-4,19H2,1H3. The molecule has 21 heavy (non-hydrogen) atoms. The van der Waals surface area contributed by atoms with Gasteiger partial charge in [0.15, 0.2) is 0 Å². The Bertz CT molecular complexity index is 488. The fraction of sp³-hybridized carbons (Fsp3) is 0.571. The molecule has 0 spiro atoms. The predicted octanol–water partition coefficient (Wildman–Crippen LogP) is 3.16. The quantitative estimate of drug-likeness (QED) is 0.482. The van der Waals surface area contributed by atoms with Crippen LogP contribution in [0.3, 0.4) is 0 Å². The third-order valence-corrected chi connectivity index (χ3v) is 3.61. The molecule has 1 aromatic carbocycles. The minimum atomic E-state index is -4.70. The highest BCUT2D eigenvalue weighted by Gasteiger charge is 2.39. The lowest BCUT2D eigenvalue weighted by Crippen LogP contribution is -2.39. The Balaban J connectivity index is 2.27. The second-order valence-corrected chi connectivity index (χ2v) is 5.14. The van der Waals surface area contributed by atoms with Gasteiger partial charge in [-0.15, -0.1) is 0 Å². The Morgan fingerprint density at radius 2 is 2.05 bits per heavy atom. The number of alkyl halides is 3. The van der Waals surface area contributed by atoms with Gasteiger partial charge < -0.3 is 4.74 Å². The molecule has 0 aromatic heterocycles. The van der Waals surface area contributed by atoms with Gasteiger partial charge in [-0.05, 0) is 43.4 Å². The number of benzene rings is 1. The molecule has 0 radical (unpaired) electrons. The number of hydrogen-bond acceptors (Lipinski definition) is 3. The van der Waals surface area contributed by atoms with Crippen molar-refractivity contribution in [2.45, 2.75) is 38.1 Å². The summed E-state index contributed by atoms with van der Waals surface area (Å²) < 4.78 is 57.0. The summed E-state index contributed by atoms with van der Waals surface area (Å²) in [6.07, 6.45) is -3.02. The Hall–Kier alpha value is -1.18. The minimum absolute atomic E-state index is 0.267. The van der Waals surface area contributed by atoms with Crippen molar-refractivity contribution in [1.29, 1.82) is 0 Å². The zero-order chi connectivity index (χ0) is 15.6. The van der Waals surface area contributed by atoms with Gasteiger partial charge in [0.2, 0.25) is 0 Å². The summed E-state index contributed by atoms with van der Waals surface area (Å²) in [5.41, 5.74) is 1.62. The first-order chi connectivity index (χ1) is 9.88. The van der Waals surface area contributed by atoms with Crippen LogP contribution in [0.25, 0.3) is 0 Å². The van der Waals surface area contributed by atoms with Crippen molar-refractivity contribution in [2.24, 2.45) is 11.8 Å². The van der Waals surface area contributed by atoms with E-state index in [0.717, 1.165) is 25.0 Å². The number of halogens is 4. The zero-order valence-electron chi connectivity index (χ0n) is 11.6. The Labute approximate surface area is 120 Å². The molecule has 2 rings (SSSR count). The normalized spacial score (nSPS) is 18.6. The number of nitrogens with two attached hydrogens (primary N) is 1. The number of rotatable bonds is 6. The Morgan fingerprint density at radius 3 is 2.48 bits per heavy atom. The molecule has 0 heterocycles. The van der Waals surface area contributed by atoms with Gasteiger partial charge in [0.25, 0.3) is 0 Å². The SMILES string of the molecule is CCOC(C1CC1)C(NN)c1ccc(C(F)(F)F)c(F)c1. The van der Waals surface area contributed by atoms with E-state index in [1.165, 1.54) is 6.07 Å². The number of nitrogens with one attached hydrogen (secondary N) is 1. The molecule has 118 valence electrons. The monoisotopic (exact) mass is 306 g/mol. The van der Waals surface area contributed by atoms with Crippen molar-refractivity contribution in [1.82, 2.24) is 5.43 Å². The molecule has 0 aliphatic heterocycles. The molecule has 1 aliphatic rings. The van der Waals surface area contributed by atoms with Gasteiger partial charge in [0, 0.05) is 6.61 Å². The van der Waals surface area contributed by atoms with Crippen molar-refractivity contribution >= 4 is 0 Å². The fourth-order valence-electron chi connectivity index (χ4n) is 2.46. The van der Waals surface area contributed by atoms with Gasteiger partial charge >= 0.3 is 6.18 Å². The highest BCUT2D eigenvalue weighted by atomic mass is 19.4. The molecule has 1 aliphatic carbocycles. The summed E-state index contributed by atoms with van der Waals surface area (Å²) in [5, 5.41) is 0. The summed E-state index contributed by atoms with van der Waals surface area (Å²) in [6.45, 7) is 2.29. The van der Waals surface area contributed by atoms with Crippen molar-refractivity contribution < 1.29 is 22.3 Å². The van der Waals surface area contributed by atoms with E-state index in [2.05, 4.69) is 5.43 Å². The maximum atomic E-state index is 13.7. The maximum absolute atomic E-state index is 13.7. The van der Waals surface area contributed by atoms with E-state index in [0.29, 0.717) is 18.1 Å². The van der Waals surface area contributed by atoms with E-state index in [9.17, 15) is 17.6 Å². The lowest BCUT2D eigenvalue weighted by Gasteiger charge is -2.27. The molecular weight excluding hydrogens is 288 g/mol. The predicted molar refractivity (Wildman–Crippen MR) is 69.6 cm³/mol. The third-order valence-electron chi connectivity index (χ3n) is 3.61. The van der Waals surface area contributed by atoms with Crippen molar-refractivity contribution in [3.63, 3.8) is 0 Å². The van der Waals surface area contributed by atoms with Gasteiger partial charge in [-0.3, -0.25) is 11.3 Å². The maximum Gasteiger partial charge on any atom is 0.419 e. The summed E-state index contributed by atoms with van der Waals surface area (Å²) in [4.78, 5) is 0. The molecule has 0 saturated heterocycles. The van der Waals surface area contributed by atoms with Crippen LogP contribution in [0.15, 0.2) is 18.2 Å². The van der Waals surface area contributed by atoms with Crippen LogP contribution in [0, 0.1) is 11.7 Å². The van der Waals surface area contributed by atoms with Crippen LogP contribution in [-0.4, -0.2) is 12.7 Å². The van der Waals surface area contributed by atoms with E-state index in [-0.39, 0.29) is 6.10 Å². The molecular formula is C14H18F4N2O. The average molecular weight is 306 g/mol. The summed E-state index contributed by atoms with van der Waals surface area (Å²) >= 11 is 0. The molecule has 3 N–H and O–H groups in total. The Kier molecular flexibility index (Phi) is 4.85. The van der Waals surface area contributed by atoms with E-state index in [1.807, 2.05) is 6.92 Å². The van der Waals surface area contributed by atoms with Gasteiger partial charge in [-0.25, -0.2) is 4.39 Å². The second kappa shape index (κ2) is 6.29. The van der Waals surface area contributed by atoms with Crippen LogP contribution >= 0.6 is 0 Å². The highest BCUT2D eigenvalue weighted by molar-refractivity contribution is 5.29. The summed E-state index contributed by atoms with van der Waals surface area (Å²) in [6, 6.07) is 2.33. The van der Waals surface area contributed by atoms with Crippen LogP contribution in [0.5, 0.6) is 0 Å². The first kappa shape index (κ1) is 16.2. The minimum Gasteiger partial charge on any atom is -0.376 e. The molecule has 2 atom stereocenters. The average Bonchev–Trinajstić information content (AvgIpc) is 3.21. The first-order valence-corrected chi connectivity index (χ1v) is 6.82. The van der Waals surface area contributed by atoms with Crippen LogP contribution < -0.4 is 11.3 Å². The molecule has 3 nitrogen and oxygen atoms in total. The van der Waals surface area contributed by atoms with Crippen molar-refractivity contribution in [3.05, 3.63) is 35.1 Å². The lowest BCUT2D eigenvalue weighted by atomic mass is 9.97. The molecule has 0 amide bonds. The van der Waals surface area contributed by atoms with Crippen LogP contribution in [0.4, 0.5) is 17.6 Å². The van der Waals surface area contributed by atoms with E-state index in [1.54, 1.807) is 0 Å². The molecule has 1 aromatic rings. The molecule has 0 bridgehead atoms. The highest BCUT2D eigenvalue weighted by Crippen LogP contribution is 2.40. The second-order valence-electron chi connectivity index (χ2n) is 5.14. The van der Waals surface area contributed by atoms with Crippen molar-refractivity contribution in [2.75, 3.05) is 6.61 Å². The first-order valence-electron chi connectivity index (χ1n) is 6.82. The molecule has 7 heteroatoms. The Morgan fingerprint density at radius 1 is 1.38 bits per heavy atom. The number of hydrazine groups is 1. The largest absolute Gasteiger partial charge is 0.419 e. The van der Waals surface area contributed by atoms with Crippen molar-refractivity contribution in [3.8, 4) is 0 Å². The number of hydrogen-bond donors (Lipinski definition) is 2. The van der Waals surface area contributed by atoms with Crippen LogP contribution in [-0.2, 0) is 10.9 Å². The fourth-order valence-corrected chi connectivity index (χ4v) is 2.46. The zero-order valence-corrected chi connectivity index (χ0v) is 11.6. The summed E-state index contributed by atoms with van der Waals surface area (Å²) in [7, 11) is 0. The van der Waals surface area contributed by atoms with E-state index >= 15 is 0 Å². The third kappa shape index (κ3) is 3.72. The van der Waals surface area contributed by atoms with Crippen LogP contribution in [0.2, 0.25) is 0 Å². The topological polar surface area (TPSA) is 47.3 Å².